The molecule has 8 heteroatoms. The number of nitrogens with one attached hydrogen (secondary N) is 1. The molecule has 1 N–H and O–H groups in total. The van der Waals surface area contributed by atoms with E-state index in [-0.39, 0.29) is 16.6 Å². The van der Waals surface area contributed by atoms with Crippen molar-refractivity contribution in [2.75, 3.05) is 23.3 Å². The summed E-state index contributed by atoms with van der Waals surface area (Å²) in [6.45, 7) is 2.32. The molecule has 0 saturated carbocycles. The minimum absolute atomic E-state index is 0.161. The van der Waals surface area contributed by atoms with Gasteiger partial charge in [0, 0.05) is 24.0 Å². The lowest BCUT2D eigenvalue weighted by Crippen LogP contribution is -2.35. The second-order valence-corrected chi connectivity index (χ2v) is 8.77. The third-order valence-corrected chi connectivity index (χ3v) is 6.64. The second kappa shape index (κ2) is 7.87. The molecule has 156 valence electrons. The molecule has 0 saturated heterocycles. The van der Waals surface area contributed by atoms with E-state index in [4.69, 9.17) is 9.15 Å². The molecule has 0 fully saturated rings. The van der Waals surface area contributed by atoms with E-state index in [1.807, 2.05) is 0 Å². The number of nitrogens with zero attached hydrogens (tertiary/aromatic N) is 1. The third-order valence-electron chi connectivity index (χ3n) is 5.11. The summed E-state index contributed by atoms with van der Waals surface area (Å²) < 4.78 is 38.9. The molecular weight excluding hydrogens is 404 g/mol. The minimum atomic E-state index is -3.79. The van der Waals surface area contributed by atoms with Gasteiger partial charge in [0.25, 0.3) is 15.9 Å². The van der Waals surface area contributed by atoms with Crippen molar-refractivity contribution in [3.8, 4) is 5.75 Å². The molecule has 1 amide bonds. The van der Waals surface area contributed by atoms with Crippen LogP contribution >= 0.6 is 0 Å². The molecule has 0 bridgehead atoms. The summed E-state index contributed by atoms with van der Waals surface area (Å²) in [5.41, 5.74) is 2.74. The maximum absolute atomic E-state index is 12.9. The van der Waals surface area contributed by atoms with Gasteiger partial charge in [0.2, 0.25) is 0 Å². The van der Waals surface area contributed by atoms with Gasteiger partial charge in [-0.25, -0.2) is 8.42 Å². The first-order valence-electron chi connectivity index (χ1n) is 9.55. The number of aryl methyl sites for hydroxylation is 2. The second-order valence-electron chi connectivity index (χ2n) is 7.12. The normalized spacial score (nSPS) is 13.6. The lowest BCUT2D eigenvalue weighted by molar-refractivity contribution is 0.0958. The van der Waals surface area contributed by atoms with Crippen molar-refractivity contribution in [1.82, 2.24) is 0 Å². The van der Waals surface area contributed by atoms with Gasteiger partial charge < -0.3 is 14.1 Å². The highest BCUT2D eigenvalue weighted by Gasteiger charge is 2.26. The topological polar surface area (TPSA) is 88.9 Å². The highest BCUT2D eigenvalue weighted by Crippen LogP contribution is 2.32. The van der Waals surface area contributed by atoms with Crippen LogP contribution in [0, 0.1) is 6.92 Å². The van der Waals surface area contributed by atoms with Crippen molar-refractivity contribution >= 4 is 27.3 Å². The number of hydrogen-bond acceptors (Lipinski definition) is 5. The van der Waals surface area contributed by atoms with Crippen LogP contribution in [-0.4, -0.2) is 28.0 Å². The standard InChI is InChI=1S/C22H22N2O5S/c1-15-7-9-18(28-2)14-21(15)30(26,27)23-17-8-10-19-16(13-17)5-3-11-24(19)22(25)20-6-4-12-29-20/h4,6-10,12-14,23H,3,5,11H2,1-2H3. The van der Waals surface area contributed by atoms with Gasteiger partial charge in [-0.1, -0.05) is 6.07 Å². The molecule has 0 radical (unpaired) electrons. The summed E-state index contributed by atoms with van der Waals surface area (Å²) in [5.74, 6) is 0.543. The Kier molecular flexibility index (Phi) is 5.26. The number of carbonyl (C=O) groups excluding carboxylic acids is 1. The largest absolute Gasteiger partial charge is 0.497 e. The predicted octanol–water partition coefficient (Wildman–Crippen LogP) is 3.99. The van der Waals surface area contributed by atoms with Crippen molar-refractivity contribution in [2.24, 2.45) is 0 Å². The van der Waals surface area contributed by atoms with Gasteiger partial charge in [-0.15, -0.1) is 0 Å². The Hall–Kier alpha value is -3.26. The first kappa shape index (κ1) is 20.0. The molecule has 0 unspecified atom stereocenters. The fourth-order valence-electron chi connectivity index (χ4n) is 3.61. The van der Waals surface area contributed by atoms with Crippen LogP contribution in [0.25, 0.3) is 0 Å². The fraction of sp³-hybridized carbons (Fsp3) is 0.227. The molecule has 0 spiro atoms. The van der Waals surface area contributed by atoms with E-state index < -0.39 is 10.0 Å². The van der Waals surface area contributed by atoms with Gasteiger partial charge >= 0.3 is 0 Å². The number of methoxy groups -OCH3 is 1. The Morgan fingerprint density at radius 2 is 2.00 bits per heavy atom. The summed E-state index contributed by atoms with van der Waals surface area (Å²) >= 11 is 0. The van der Waals surface area contributed by atoms with Gasteiger partial charge in [0.1, 0.15) is 5.75 Å². The van der Waals surface area contributed by atoms with E-state index in [1.165, 1.54) is 19.4 Å². The summed E-state index contributed by atoms with van der Waals surface area (Å²) in [6, 6.07) is 13.5. The maximum Gasteiger partial charge on any atom is 0.293 e. The molecule has 2 heterocycles. The van der Waals surface area contributed by atoms with Gasteiger partial charge in [-0.05, 0) is 67.3 Å². The predicted molar refractivity (Wildman–Crippen MR) is 114 cm³/mol. The number of hydrogen-bond donors (Lipinski definition) is 1. The van der Waals surface area contributed by atoms with E-state index in [0.717, 1.165) is 24.1 Å². The minimum Gasteiger partial charge on any atom is -0.497 e. The number of amides is 1. The summed E-state index contributed by atoms with van der Waals surface area (Å²) in [6.07, 6.45) is 3.01. The highest BCUT2D eigenvalue weighted by atomic mass is 32.2. The van der Waals surface area contributed by atoms with Crippen molar-refractivity contribution in [3.63, 3.8) is 0 Å². The third kappa shape index (κ3) is 3.78. The van der Waals surface area contributed by atoms with Crippen molar-refractivity contribution < 1.29 is 22.4 Å². The quantitative estimate of drug-likeness (QED) is 0.666. The zero-order valence-corrected chi connectivity index (χ0v) is 17.5. The Morgan fingerprint density at radius 1 is 1.17 bits per heavy atom. The SMILES string of the molecule is COc1ccc(C)c(S(=O)(=O)Nc2ccc3c(c2)CCCN3C(=O)c2ccco2)c1. The molecule has 30 heavy (non-hydrogen) atoms. The number of anilines is 2. The molecule has 1 aliphatic heterocycles. The lowest BCUT2D eigenvalue weighted by atomic mass is 10.0. The number of sulfonamides is 1. The lowest BCUT2D eigenvalue weighted by Gasteiger charge is -2.29. The molecule has 7 nitrogen and oxygen atoms in total. The smallest absolute Gasteiger partial charge is 0.293 e. The van der Waals surface area contributed by atoms with Crippen molar-refractivity contribution in [3.05, 3.63) is 71.7 Å². The Balaban J connectivity index is 1.62. The van der Waals surface area contributed by atoms with Crippen LogP contribution in [0.15, 0.2) is 64.1 Å². The van der Waals surface area contributed by atoms with Crippen molar-refractivity contribution in [2.45, 2.75) is 24.7 Å². The van der Waals surface area contributed by atoms with Crippen molar-refractivity contribution in [1.29, 1.82) is 0 Å². The fourth-order valence-corrected chi connectivity index (χ4v) is 4.92. The van der Waals surface area contributed by atoms with E-state index in [1.54, 1.807) is 54.3 Å². The number of benzene rings is 2. The van der Waals surface area contributed by atoms with E-state index >= 15 is 0 Å². The van der Waals surface area contributed by atoms with Crippen LogP contribution in [0.3, 0.4) is 0 Å². The van der Waals surface area contributed by atoms with Gasteiger partial charge in [0.05, 0.1) is 18.3 Å². The maximum atomic E-state index is 12.9. The first-order valence-corrected chi connectivity index (χ1v) is 11.0. The first-order chi connectivity index (χ1) is 14.4. The van der Waals surface area contributed by atoms with Crippen LogP contribution in [0.2, 0.25) is 0 Å². The monoisotopic (exact) mass is 426 g/mol. The van der Waals surface area contributed by atoms with Crippen LogP contribution in [0.5, 0.6) is 5.75 Å². The van der Waals surface area contributed by atoms with Crippen LogP contribution in [0.4, 0.5) is 11.4 Å². The summed E-state index contributed by atoms with van der Waals surface area (Å²) in [5, 5.41) is 0. The van der Waals surface area contributed by atoms with Gasteiger partial charge in [-0.2, -0.15) is 0 Å². The molecule has 0 atom stereocenters. The van der Waals surface area contributed by atoms with E-state index in [2.05, 4.69) is 4.72 Å². The number of fused-ring (bicyclic) bond motifs is 1. The van der Waals surface area contributed by atoms with Gasteiger partial charge in [0.15, 0.2) is 5.76 Å². The molecule has 1 aromatic heterocycles. The molecule has 1 aliphatic rings. The average molecular weight is 426 g/mol. The zero-order chi connectivity index (χ0) is 21.3. The van der Waals surface area contributed by atoms with E-state index in [0.29, 0.717) is 23.5 Å². The van der Waals surface area contributed by atoms with E-state index in [9.17, 15) is 13.2 Å². The van der Waals surface area contributed by atoms with Crippen LogP contribution < -0.4 is 14.4 Å². The number of rotatable bonds is 5. The zero-order valence-electron chi connectivity index (χ0n) is 16.7. The molecular formula is C22H22N2O5S. The Morgan fingerprint density at radius 3 is 2.73 bits per heavy atom. The highest BCUT2D eigenvalue weighted by molar-refractivity contribution is 7.92. The number of ether oxygens (including phenoxy) is 1. The Bertz CT molecular complexity index is 1190. The molecule has 2 aromatic carbocycles. The number of carbonyl (C=O) groups is 1. The van der Waals surface area contributed by atoms with Crippen LogP contribution in [0.1, 0.15) is 28.1 Å². The molecule has 3 aromatic rings. The molecule has 4 rings (SSSR count). The van der Waals surface area contributed by atoms with Gasteiger partial charge in [-0.3, -0.25) is 9.52 Å². The summed E-state index contributed by atoms with van der Waals surface area (Å²) in [4.78, 5) is 14.6. The average Bonchev–Trinajstić information content (AvgIpc) is 3.27. The Labute approximate surface area is 175 Å². The number of furan rings is 1. The van der Waals surface area contributed by atoms with Crippen LogP contribution in [-0.2, 0) is 16.4 Å². The summed E-state index contributed by atoms with van der Waals surface area (Å²) in [7, 11) is -2.30. The molecule has 0 aliphatic carbocycles.